The number of methoxy groups -OCH3 is 1. The maximum absolute atomic E-state index is 13.3. The lowest BCUT2D eigenvalue weighted by atomic mass is 10.1. The monoisotopic (exact) mass is 520 g/mol. The number of rotatable bonds is 9. The summed E-state index contributed by atoms with van der Waals surface area (Å²) >= 11 is 7.64. The zero-order valence-corrected chi connectivity index (χ0v) is 22.2. The van der Waals surface area contributed by atoms with E-state index < -0.39 is 0 Å². The number of aryl methyl sites for hydroxylation is 1. The predicted molar refractivity (Wildman–Crippen MR) is 149 cm³/mol. The van der Waals surface area contributed by atoms with E-state index in [0.717, 1.165) is 29.7 Å². The molecule has 36 heavy (non-hydrogen) atoms. The summed E-state index contributed by atoms with van der Waals surface area (Å²) in [5, 5.41) is 1.36. The Bertz CT molecular complexity index is 1290. The van der Waals surface area contributed by atoms with Crippen LogP contribution in [0.5, 0.6) is 11.5 Å². The van der Waals surface area contributed by atoms with Crippen molar-refractivity contribution in [2.45, 2.75) is 33.3 Å². The van der Waals surface area contributed by atoms with Crippen molar-refractivity contribution in [3.05, 3.63) is 93.3 Å². The Morgan fingerprint density at radius 1 is 1.06 bits per heavy atom. The summed E-state index contributed by atoms with van der Waals surface area (Å²) in [7, 11) is 1.60. The van der Waals surface area contributed by atoms with E-state index >= 15 is 0 Å². The number of hydrogen-bond donors (Lipinski definition) is 0. The highest BCUT2D eigenvalue weighted by Crippen LogP contribution is 2.36. The smallest absolute Gasteiger partial charge is 0.266 e. The van der Waals surface area contributed by atoms with Gasteiger partial charge in [-0.3, -0.25) is 9.69 Å². The minimum atomic E-state index is -0.0303. The first kappa shape index (κ1) is 25.9. The Hall–Kier alpha value is -3.22. The lowest BCUT2D eigenvalue weighted by molar-refractivity contribution is -0.122. The minimum Gasteiger partial charge on any atom is -0.493 e. The Balaban J connectivity index is 1.56. The van der Waals surface area contributed by atoms with Gasteiger partial charge in [0.1, 0.15) is 6.61 Å². The van der Waals surface area contributed by atoms with E-state index in [-0.39, 0.29) is 5.91 Å². The first-order valence-corrected chi connectivity index (χ1v) is 13.1. The summed E-state index contributed by atoms with van der Waals surface area (Å²) in [6.07, 6.45) is 3.79. The SMILES string of the molecule is CCCCN1C(=O)/C(=C\c2ccc(OCc3ccccc3Cl)c(OC)c2)SC1=Nc1ccc(C)cc1. The summed E-state index contributed by atoms with van der Waals surface area (Å²) < 4.78 is 11.5. The quantitative estimate of drug-likeness (QED) is 0.272. The molecule has 0 radical (unpaired) electrons. The first-order valence-electron chi connectivity index (χ1n) is 11.9. The standard InChI is InChI=1S/C29H29ClN2O3S/c1-4-5-16-32-28(33)27(36-29(32)31-23-13-10-20(2)11-14-23)18-21-12-15-25(26(17-21)34-3)35-19-22-8-6-7-9-24(22)30/h6-15,17-18H,4-5,16,19H2,1-3H3/b27-18+,31-29?. The maximum atomic E-state index is 13.3. The third-order valence-electron chi connectivity index (χ3n) is 5.71. The van der Waals surface area contributed by atoms with E-state index in [4.69, 9.17) is 26.1 Å². The topological polar surface area (TPSA) is 51.1 Å². The number of halogens is 1. The van der Waals surface area contributed by atoms with E-state index in [0.29, 0.717) is 39.7 Å². The molecule has 1 aliphatic rings. The van der Waals surface area contributed by atoms with Gasteiger partial charge in [0.2, 0.25) is 0 Å². The highest BCUT2D eigenvalue weighted by atomic mass is 35.5. The Kier molecular flexibility index (Phi) is 8.73. The second-order valence-electron chi connectivity index (χ2n) is 8.44. The summed E-state index contributed by atoms with van der Waals surface area (Å²) in [5.41, 5.74) is 3.75. The fourth-order valence-corrected chi connectivity index (χ4v) is 4.86. The van der Waals surface area contributed by atoms with Crippen LogP contribution in [0.25, 0.3) is 6.08 Å². The number of nitrogens with zero attached hydrogens (tertiary/aromatic N) is 2. The van der Waals surface area contributed by atoms with Crippen molar-refractivity contribution >= 4 is 46.2 Å². The minimum absolute atomic E-state index is 0.0303. The van der Waals surface area contributed by atoms with E-state index in [2.05, 4.69) is 6.92 Å². The van der Waals surface area contributed by atoms with Crippen LogP contribution in [0.2, 0.25) is 5.02 Å². The lowest BCUT2D eigenvalue weighted by Crippen LogP contribution is -2.30. The van der Waals surface area contributed by atoms with Crippen molar-refractivity contribution in [3.8, 4) is 11.5 Å². The van der Waals surface area contributed by atoms with Crippen LogP contribution in [0, 0.1) is 6.92 Å². The van der Waals surface area contributed by atoms with Gasteiger partial charge in [0.25, 0.3) is 5.91 Å². The second-order valence-corrected chi connectivity index (χ2v) is 9.86. The first-order chi connectivity index (χ1) is 17.5. The fourth-order valence-electron chi connectivity index (χ4n) is 3.65. The number of thioether (sulfide) groups is 1. The zero-order chi connectivity index (χ0) is 25.5. The molecular formula is C29H29ClN2O3S. The van der Waals surface area contributed by atoms with Crippen LogP contribution in [0.15, 0.2) is 76.6 Å². The summed E-state index contributed by atoms with van der Waals surface area (Å²) in [6, 6.07) is 21.2. The number of hydrogen-bond acceptors (Lipinski definition) is 5. The number of unbranched alkanes of at least 4 members (excludes halogenated alkanes) is 1. The van der Waals surface area contributed by atoms with Gasteiger partial charge in [0, 0.05) is 17.1 Å². The van der Waals surface area contributed by atoms with E-state index in [1.165, 1.54) is 17.3 Å². The van der Waals surface area contributed by atoms with E-state index in [1.807, 2.05) is 79.7 Å². The number of amides is 1. The molecular weight excluding hydrogens is 492 g/mol. The Morgan fingerprint density at radius 2 is 1.83 bits per heavy atom. The summed E-state index contributed by atoms with van der Waals surface area (Å²) in [4.78, 5) is 20.4. The van der Waals surface area contributed by atoms with Gasteiger partial charge >= 0.3 is 0 Å². The second kappa shape index (κ2) is 12.2. The van der Waals surface area contributed by atoms with Crippen molar-refractivity contribution in [2.75, 3.05) is 13.7 Å². The molecule has 1 aliphatic heterocycles. The molecule has 1 heterocycles. The molecule has 0 saturated carbocycles. The van der Waals surface area contributed by atoms with Gasteiger partial charge in [-0.25, -0.2) is 4.99 Å². The largest absolute Gasteiger partial charge is 0.493 e. The van der Waals surface area contributed by atoms with E-state index in [9.17, 15) is 4.79 Å². The molecule has 1 saturated heterocycles. The molecule has 0 bridgehead atoms. The maximum Gasteiger partial charge on any atom is 0.266 e. The number of ether oxygens (including phenoxy) is 2. The fraction of sp³-hybridized carbons (Fsp3) is 0.241. The molecule has 0 unspecified atom stereocenters. The third kappa shape index (κ3) is 6.31. The average molecular weight is 521 g/mol. The predicted octanol–water partition coefficient (Wildman–Crippen LogP) is 7.64. The zero-order valence-electron chi connectivity index (χ0n) is 20.7. The van der Waals surface area contributed by atoms with Gasteiger partial charge in [0.05, 0.1) is 17.7 Å². The molecule has 0 aliphatic carbocycles. The normalized spacial score (nSPS) is 15.7. The molecule has 7 heteroatoms. The van der Waals surface area contributed by atoms with Crippen LogP contribution in [0.4, 0.5) is 5.69 Å². The molecule has 0 N–H and O–H groups in total. The summed E-state index contributed by atoms with van der Waals surface area (Å²) in [5.74, 6) is 1.16. The van der Waals surface area contributed by atoms with Crippen LogP contribution in [-0.2, 0) is 11.4 Å². The molecule has 3 aromatic rings. The van der Waals surface area contributed by atoms with Crippen molar-refractivity contribution in [1.29, 1.82) is 0 Å². The summed E-state index contributed by atoms with van der Waals surface area (Å²) in [6.45, 7) is 5.13. The number of aliphatic imine (C=N–C) groups is 1. The van der Waals surface area contributed by atoms with Crippen molar-refractivity contribution < 1.29 is 14.3 Å². The van der Waals surface area contributed by atoms with Crippen LogP contribution in [0.1, 0.15) is 36.5 Å². The van der Waals surface area contributed by atoms with Gasteiger partial charge in [-0.05, 0) is 67.1 Å². The van der Waals surface area contributed by atoms with Gasteiger partial charge in [0.15, 0.2) is 16.7 Å². The van der Waals surface area contributed by atoms with Gasteiger partial charge < -0.3 is 9.47 Å². The molecule has 5 nitrogen and oxygen atoms in total. The number of carbonyl (C=O) groups is 1. The van der Waals surface area contributed by atoms with Gasteiger partial charge in [-0.1, -0.05) is 66.9 Å². The Morgan fingerprint density at radius 3 is 2.56 bits per heavy atom. The number of carbonyl (C=O) groups excluding carboxylic acids is 1. The molecule has 1 amide bonds. The molecule has 4 rings (SSSR count). The molecule has 3 aromatic carbocycles. The van der Waals surface area contributed by atoms with Crippen LogP contribution in [-0.4, -0.2) is 29.6 Å². The van der Waals surface area contributed by atoms with Crippen LogP contribution >= 0.6 is 23.4 Å². The molecule has 1 fully saturated rings. The van der Waals surface area contributed by atoms with E-state index in [1.54, 1.807) is 12.0 Å². The Labute approximate surface area is 221 Å². The number of benzene rings is 3. The molecule has 0 atom stereocenters. The third-order valence-corrected chi connectivity index (χ3v) is 7.08. The number of amidine groups is 1. The highest BCUT2D eigenvalue weighted by Gasteiger charge is 2.33. The molecule has 186 valence electrons. The molecule has 0 spiro atoms. The van der Waals surface area contributed by atoms with Crippen molar-refractivity contribution in [1.82, 2.24) is 4.90 Å². The van der Waals surface area contributed by atoms with Crippen LogP contribution in [0.3, 0.4) is 0 Å². The van der Waals surface area contributed by atoms with Crippen LogP contribution < -0.4 is 9.47 Å². The molecule has 0 aromatic heterocycles. The van der Waals surface area contributed by atoms with Gasteiger partial charge in [-0.15, -0.1) is 0 Å². The lowest BCUT2D eigenvalue weighted by Gasteiger charge is -2.14. The average Bonchev–Trinajstić information content (AvgIpc) is 3.17. The van der Waals surface area contributed by atoms with Crippen molar-refractivity contribution in [2.24, 2.45) is 4.99 Å². The van der Waals surface area contributed by atoms with Crippen molar-refractivity contribution in [3.63, 3.8) is 0 Å². The highest BCUT2D eigenvalue weighted by molar-refractivity contribution is 8.18. The van der Waals surface area contributed by atoms with Gasteiger partial charge in [-0.2, -0.15) is 0 Å².